The molecule has 2 bridgehead atoms. The Morgan fingerprint density at radius 1 is 1.09 bits per heavy atom. The third-order valence-electron chi connectivity index (χ3n) is 7.31. The highest BCUT2D eigenvalue weighted by Crippen LogP contribution is 2.54. The van der Waals surface area contributed by atoms with E-state index in [1.54, 1.807) is 0 Å². The molecule has 7 nitrogen and oxygen atoms in total. The van der Waals surface area contributed by atoms with Gasteiger partial charge in [-0.25, -0.2) is 17.2 Å². The fraction of sp³-hybridized carbons (Fsp3) is 0.458. The molecular weight excluding hydrogens is 504 g/mol. The van der Waals surface area contributed by atoms with Crippen molar-refractivity contribution in [2.45, 2.75) is 60.6 Å². The molecule has 4 N–H and O–H groups in total. The molecule has 2 aromatic carbocycles. The minimum Gasteiger partial charge on any atom is -0.391 e. The Bertz CT molecular complexity index is 1240. The number of amides is 1. The van der Waals surface area contributed by atoms with Crippen LogP contribution in [0.2, 0.25) is 5.02 Å². The number of anilines is 1. The van der Waals surface area contributed by atoms with Gasteiger partial charge in [0.15, 0.2) is 21.5 Å². The number of halogens is 3. The summed E-state index contributed by atoms with van der Waals surface area (Å²) in [6.45, 7) is 1.38. The zero-order valence-electron chi connectivity index (χ0n) is 18.8. The Morgan fingerprint density at radius 3 is 2.29 bits per heavy atom. The Balaban J connectivity index is 1.59. The second kappa shape index (κ2) is 9.40. The van der Waals surface area contributed by atoms with Crippen LogP contribution < -0.4 is 5.32 Å². The van der Waals surface area contributed by atoms with E-state index in [0.29, 0.717) is 12.8 Å². The SMILES string of the molecule is C[C@@H](O)[C@H](O)C1(O)[C@@H]2CC[C@H]1CC(S(=O)(=O)c1cc(C(=O)Nc3ccc(F)c(F)c3)ccc1Cl)C2. The first-order valence-electron chi connectivity index (χ1n) is 11.2. The fourth-order valence-electron chi connectivity index (χ4n) is 5.48. The standard InChI is InChI=1S/C24H26ClF2NO6S/c1-12(29)22(30)24(32)14-3-4-15(24)10-17(9-14)35(33,34)21-8-13(2-6-18(21)25)23(31)28-16-5-7-19(26)20(27)11-16/h2,5-8,11-12,14-15,17,22,29-30,32H,3-4,9-10H2,1H3,(H,28,31)/t12-,14-,15+,17?,22+,24?/m1/s1. The molecule has 0 radical (unpaired) electrons. The molecule has 0 aromatic heterocycles. The van der Waals surface area contributed by atoms with Gasteiger partial charge in [0.1, 0.15) is 6.10 Å². The number of sulfone groups is 1. The molecule has 0 saturated heterocycles. The van der Waals surface area contributed by atoms with Crippen LogP contribution in [-0.2, 0) is 9.84 Å². The van der Waals surface area contributed by atoms with Crippen LogP contribution in [0.1, 0.15) is 43.0 Å². The van der Waals surface area contributed by atoms with E-state index in [4.69, 9.17) is 11.6 Å². The van der Waals surface area contributed by atoms with Gasteiger partial charge in [-0.15, -0.1) is 0 Å². The van der Waals surface area contributed by atoms with Gasteiger partial charge in [0.25, 0.3) is 5.91 Å². The molecule has 4 rings (SSSR count). The maximum absolute atomic E-state index is 13.6. The lowest BCUT2D eigenvalue weighted by atomic mass is 9.70. The molecule has 11 heteroatoms. The monoisotopic (exact) mass is 529 g/mol. The van der Waals surface area contributed by atoms with E-state index in [9.17, 15) is 37.3 Å². The molecule has 0 spiro atoms. The summed E-state index contributed by atoms with van der Waals surface area (Å²) in [6, 6.07) is 6.57. The van der Waals surface area contributed by atoms with Crippen molar-refractivity contribution in [3.63, 3.8) is 0 Å². The number of benzene rings is 2. The van der Waals surface area contributed by atoms with E-state index in [1.807, 2.05) is 0 Å². The van der Waals surface area contributed by atoms with Crippen molar-refractivity contribution in [2.75, 3.05) is 5.32 Å². The van der Waals surface area contributed by atoms with Gasteiger partial charge < -0.3 is 20.6 Å². The predicted molar refractivity (Wildman–Crippen MR) is 125 cm³/mol. The number of hydrogen-bond acceptors (Lipinski definition) is 6. The summed E-state index contributed by atoms with van der Waals surface area (Å²) in [5, 5.41) is 32.9. The van der Waals surface area contributed by atoms with Crippen LogP contribution in [0.15, 0.2) is 41.3 Å². The van der Waals surface area contributed by atoms with Crippen molar-refractivity contribution in [2.24, 2.45) is 11.8 Å². The van der Waals surface area contributed by atoms with E-state index >= 15 is 0 Å². The van der Waals surface area contributed by atoms with Crippen molar-refractivity contribution in [3.8, 4) is 0 Å². The van der Waals surface area contributed by atoms with Crippen LogP contribution >= 0.6 is 11.6 Å². The van der Waals surface area contributed by atoms with Crippen LogP contribution in [0.5, 0.6) is 0 Å². The quantitative estimate of drug-likeness (QED) is 0.455. The van der Waals surface area contributed by atoms with E-state index in [0.717, 1.165) is 18.2 Å². The molecule has 35 heavy (non-hydrogen) atoms. The number of nitrogens with one attached hydrogen (secondary N) is 1. The molecule has 2 fully saturated rings. The zero-order chi connectivity index (χ0) is 25.7. The van der Waals surface area contributed by atoms with E-state index < -0.39 is 62.3 Å². The second-order valence-corrected chi connectivity index (χ2v) is 12.0. The summed E-state index contributed by atoms with van der Waals surface area (Å²) in [7, 11) is -4.03. The molecule has 0 heterocycles. The zero-order valence-corrected chi connectivity index (χ0v) is 20.4. The number of fused-ring (bicyclic) bond motifs is 2. The third-order valence-corrected chi connectivity index (χ3v) is 9.97. The van der Waals surface area contributed by atoms with Crippen molar-refractivity contribution in [3.05, 3.63) is 58.6 Å². The summed E-state index contributed by atoms with van der Waals surface area (Å²) >= 11 is 6.21. The number of carbonyl (C=O) groups excluding carboxylic acids is 1. The molecular formula is C24H26ClF2NO6S. The molecule has 2 aliphatic rings. The average molecular weight is 530 g/mol. The molecule has 190 valence electrons. The number of hydrogen-bond donors (Lipinski definition) is 4. The van der Waals surface area contributed by atoms with Gasteiger partial charge in [0.2, 0.25) is 0 Å². The Hall–Kier alpha value is -2.11. The van der Waals surface area contributed by atoms with Gasteiger partial charge in [-0.2, -0.15) is 0 Å². The molecule has 1 amide bonds. The predicted octanol–water partition coefficient (Wildman–Crippen LogP) is 3.31. The third kappa shape index (κ3) is 4.58. The highest BCUT2D eigenvalue weighted by atomic mass is 35.5. The Kier molecular flexibility index (Phi) is 6.98. The lowest BCUT2D eigenvalue weighted by Gasteiger charge is -2.46. The fourth-order valence-corrected chi connectivity index (χ4v) is 7.89. The van der Waals surface area contributed by atoms with Gasteiger partial charge >= 0.3 is 0 Å². The summed E-state index contributed by atoms with van der Waals surface area (Å²) < 4.78 is 53.7. The summed E-state index contributed by atoms with van der Waals surface area (Å²) in [6.07, 6.45) is -1.39. The highest BCUT2D eigenvalue weighted by Gasteiger charge is 2.59. The van der Waals surface area contributed by atoms with Crippen LogP contribution in [0, 0.1) is 23.5 Å². The average Bonchev–Trinajstić information content (AvgIpc) is 2.97. The van der Waals surface area contributed by atoms with Gasteiger partial charge in [0, 0.05) is 17.3 Å². The molecule has 2 saturated carbocycles. The molecule has 0 aliphatic heterocycles. The lowest BCUT2D eigenvalue weighted by molar-refractivity contribution is -0.172. The maximum atomic E-state index is 13.6. The second-order valence-electron chi connectivity index (χ2n) is 9.41. The molecule has 2 unspecified atom stereocenters. The minimum absolute atomic E-state index is 0.00642. The number of aliphatic hydroxyl groups is 3. The summed E-state index contributed by atoms with van der Waals surface area (Å²) in [5.41, 5.74) is -1.62. The van der Waals surface area contributed by atoms with E-state index in [-0.39, 0.29) is 34.0 Å². The van der Waals surface area contributed by atoms with Crippen LogP contribution in [0.3, 0.4) is 0 Å². The summed E-state index contributed by atoms with van der Waals surface area (Å²) in [4.78, 5) is 12.4. The maximum Gasteiger partial charge on any atom is 0.255 e. The molecule has 2 aromatic rings. The van der Waals surface area contributed by atoms with E-state index in [1.165, 1.54) is 25.1 Å². The smallest absolute Gasteiger partial charge is 0.255 e. The topological polar surface area (TPSA) is 124 Å². The van der Waals surface area contributed by atoms with Crippen LogP contribution in [-0.4, -0.2) is 52.7 Å². The lowest BCUT2D eigenvalue weighted by Crippen LogP contribution is -2.58. The summed E-state index contributed by atoms with van der Waals surface area (Å²) in [5.74, 6) is -4.00. The number of carbonyl (C=O) groups is 1. The van der Waals surface area contributed by atoms with Crippen molar-refractivity contribution >= 4 is 33.0 Å². The van der Waals surface area contributed by atoms with Gasteiger partial charge in [0.05, 0.1) is 26.9 Å². The number of rotatable bonds is 6. The van der Waals surface area contributed by atoms with Gasteiger partial charge in [-0.05, 0) is 74.8 Å². The first-order chi connectivity index (χ1) is 16.4. The van der Waals surface area contributed by atoms with Crippen LogP contribution in [0.25, 0.3) is 0 Å². The molecule has 6 atom stereocenters. The Labute approximate surface area is 206 Å². The number of aliphatic hydroxyl groups excluding tert-OH is 2. The highest BCUT2D eigenvalue weighted by molar-refractivity contribution is 7.92. The van der Waals surface area contributed by atoms with Crippen molar-refractivity contribution < 1.29 is 37.3 Å². The first kappa shape index (κ1) is 26.0. The normalized spacial score (nSPS) is 27.9. The van der Waals surface area contributed by atoms with Gasteiger partial charge in [-0.1, -0.05) is 11.6 Å². The minimum atomic E-state index is -4.03. The van der Waals surface area contributed by atoms with Gasteiger partial charge in [-0.3, -0.25) is 4.79 Å². The van der Waals surface area contributed by atoms with Crippen LogP contribution in [0.4, 0.5) is 14.5 Å². The first-order valence-corrected chi connectivity index (χ1v) is 13.2. The van der Waals surface area contributed by atoms with Crippen molar-refractivity contribution in [1.29, 1.82) is 0 Å². The molecule has 2 aliphatic carbocycles. The largest absolute Gasteiger partial charge is 0.391 e. The Morgan fingerprint density at radius 2 is 1.71 bits per heavy atom. The van der Waals surface area contributed by atoms with E-state index in [2.05, 4.69) is 5.32 Å². The van der Waals surface area contributed by atoms with Crippen molar-refractivity contribution in [1.82, 2.24) is 0 Å².